The average molecular weight is 293 g/mol. The maximum Gasteiger partial charge on any atom is 0.330 e. The highest BCUT2D eigenvalue weighted by Crippen LogP contribution is 2.12. The van der Waals surface area contributed by atoms with E-state index in [0.29, 0.717) is 5.56 Å². The van der Waals surface area contributed by atoms with Crippen molar-refractivity contribution in [2.75, 3.05) is 20.6 Å². The number of nitrogens with zero attached hydrogens (tertiary/aromatic N) is 1. The summed E-state index contributed by atoms with van der Waals surface area (Å²) in [6.45, 7) is 2.74. The molecule has 0 heterocycles. The van der Waals surface area contributed by atoms with Gasteiger partial charge in [-0.2, -0.15) is 0 Å². The Hall–Kier alpha value is -2.08. The van der Waals surface area contributed by atoms with Gasteiger partial charge in [-0.15, -0.1) is 0 Å². The summed E-state index contributed by atoms with van der Waals surface area (Å²) < 4.78 is 0. The third kappa shape index (κ3) is 6.27. The summed E-state index contributed by atoms with van der Waals surface area (Å²) >= 11 is 0. The number of carbonyl (C=O) groups is 2. The van der Waals surface area contributed by atoms with Gasteiger partial charge in [-0.25, -0.2) is 9.59 Å². The van der Waals surface area contributed by atoms with Gasteiger partial charge in [0.05, 0.1) is 0 Å². The Morgan fingerprint density at radius 3 is 2.33 bits per heavy atom. The summed E-state index contributed by atoms with van der Waals surface area (Å²) in [6, 6.07) is 7.08. The molecule has 0 saturated heterocycles. The highest BCUT2D eigenvalue weighted by molar-refractivity contribution is 5.83. The van der Waals surface area contributed by atoms with Crippen molar-refractivity contribution in [3.8, 4) is 0 Å². The van der Waals surface area contributed by atoms with Crippen LogP contribution in [0.15, 0.2) is 30.3 Å². The van der Waals surface area contributed by atoms with Crippen LogP contribution in [-0.2, 0) is 4.79 Å². The molecule has 0 radical (unpaired) electrons. The van der Waals surface area contributed by atoms with Gasteiger partial charge < -0.3 is 20.6 Å². The summed E-state index contributed by atoms with van der Waals surface area (Å²) in [5, 5.41) is 14.5. The number of hydrogen-bond acceptors (Lipinski definition) is 3. The molecule has 1 aromatic carbocycles. The molecule has 0 saturated carbocycles. The van der Waals surface area contributed by atoms with Crippen LogP contribution in [0.25, 0.3) is 0 Å². The zero-order valence-corrected chi connectivity index (χ0v) is 12.7. The Kier molecular flexibility index (Phi) is 6.68. The molecule has 6 heteroatoms. The van der Waals surface area contributed by atoms with Crippen LogP contribution in [0.2, 0.25) is 0 Å². The van der Waals surface area contributed by atoms with Gasteiger partial charge in [-0.3, -0.25) is 0 Å². The topological polar surface area (TPSA) is 81.7 Å². The van der Waals surface area contributed by atoms with Crippen LogP contribution in [0.1, 0.15) is 24.9 Å². The zero-order valence-electron chi connectivity index (χ0n) is 12.7. The number of rotatable bonds is 7. The number of nitrogens with one attached hydrogen (secondary N) is 2. The van der Waals surface area contributed by atoms with E-state index in [2.05, 4.69) is 10.6 Å². The fourth-order valence-electron chi connectivity index (χ4n) is 1.85. The van der Waals surface area contributed by atoms with Crippen molar-refractivity contribution in [3.63, 3.8) is 0 Å². The molecule has 116 valence electrons. The fraction of sp³-hybridized carbons (Fsp3) is 0.467. The number of carboxylic acid groups (broad SMARTS) is 1. The molecule has 1 rings (SSSR count). The molecular weight excluding hydrogens is 270 g/mol. The molecule has 0 aliphatic carbocycles. The monoisotopic (exact) mass is 293 g/mol. The molecular formula is C15H23N3O3. The van der Waals surface area contributed by atoms with Gasteiger partial charge in [0.15, 0.2) is 6.04 Å². The second-order valence-electron chi connectivity index (χ2n) is 5.29. The standard InChI is InChI=1S/C15H23N3O3/c1-11(9-10-18(2)3)16-15(21)17-13(14(19)20)12-7-5-4-6-8-12/h4-8,11,13H,9-10H2,1-3H3,(H,19,20)(H2,16,17,21)/t11?,13-/m1/s1. The van der Waals surface area contributed by atoms with E-state index >= 15 is 0 Å². The Labute approximate surface area is 125 Å². The maximum absolute atomic E-state index is 11.9. The van der Waals surface area contributed by atoms with E-state index < -0.39 is 18.0 Å². The number of carbonyl (C=O) groups excluding carboxylic acids is 1. The molecule has 0 bridgehead atoms. The maximum atomic E-state index is 11.9. The molecule has 0 aliphatic rings. The molecule has 0 aliphatic heterocycles. The van der Waals surface area contributed by atoms with E-state index in [1.807, 2.05) is 25.9 Å². The Morgan fingerprint density at radius 2 is 1.81 bits per heavy atom. The van der Waals surface area contributed by atoms with E-state index in [9.17, 15) is 14.7 Å². The summed E-state index contributed by atoms with van der Waals surface area (Å²) in [5.41, 5.74) is 0.543. The third-order valence-electron chi connectivity index (χ3n) is 3.04. The smallest absolute Gasteiger partial charge is 0.330 e. The first kappa shape index (κ1) is 17.0. The second kappa shape index (κ2) is 8.26. The van der Waals surface area contributed by atoms with Crippen LogP contribution in [0, 0.1) is 0 Å². The first-order valence-corrected chi connectivity index (χ1v) is 6.89. The minimum atomic E-state index is -1.09. The van der Waals surface area contributed by atoms with Crippen LogP contribution in [-0.4, -0.2) is 48.7 Å². The summed E-state index contributed by atoms with van der Waals surface area (Å²) in [7, 11) is 3.92. The minimum Gasteiger partial charge on any atom is -0.479 e. The molecule has 3 N–H and O–H groups in total. The van der Waals surface area contributed by atoms with E-state index in [4.69, 9.17) is 0 Å². The molecule has 21 heavy (non-hydrogen) atoms. The summed E-state index contributed by atoms with van der Waals surface area (Å²) in [5.74, 6) is -1.09. The van der Waals surface area contributed by atoms with Crippen LogP contribution in [0.3, 0.4) is 0 Å². The van der Waals surface area contributed by atoms with Gasteiger partial charge in [0, 0.05) is 6.04 Å². The summed E-state index contributed by atoms with van der Waals surface area (Å²) in [6.07, 6.45) is 0.795. The van der Waals surface area contributed by atoms with Crippen LogP contribution in [0.5, 0.6) is 0 Å². The van der Waals surface area contributed by atoms with E-state index in [-0.39, 0.29) is 6.04 Å². The fourth-order valence-corrected chi connectivity index (χ4v) is 1.85. The van der Waals surface area contributed by atoms with Crippen molar-refractivity contribution in [1.29, 1.82) is 0 Å². The van der Waals surface area contributed by atoms with Crippen molar-refractivity contribution in [2.45, 2.75) is 25.4 Å². The highest BCUT2D eigenvalue weighted by atomic mass is 16.4. The minimum absolute atomic E-state index is 0.0300. The predicted molar refractivity (Wildman–Crippen MR) is 81.1 cm³/mol. The van der Waals surface area contributed by atoms with Gasteiger partial charge in [0.2, 0.25) is 0 Å². The number of benzene rings is 1. The number of urea groups is 1. The molecule has 2 atom stereocenters. The van der Waals surface area contributed by atoms with E-state index in [1.54, 1.807) is 30.3 Å². The second-order valence-corrected chi connectivity index (χ2v) is 5.29. The number of aliphatic carboxylic acids is 1. The van der Waals surface area contributed by atoms with E-state index in [1.165, 1.54) is 0 Å². The SMILES string of the molecule is CC(CCN(C)C)NC(=O)N[C@@H](C(=O)O)c1ccccc1. The molecule has 0 aromatic heterocycles. The third-order valence-corrected chi connectivity index (χ3v) is 3.04. The molecule has 0 spiro atoms. The lowest BCUT2D eigenvalue weighted by atomic mass is 10.1. The molecule has 2 amide bonds. The average Bonchev–Trinajstić information content (AvgIpc) is 2.43. The van der Waals surface area contributed by atoms with Gasteiger partial charge in [-0.05, 0) is 39.5 Å². The number of carboxylic acids is 1. The first-order chi connectivity index (χ1) is 9.90. The van der Waals surface area contributed by atoms with Crippen molar-refractivity contribution < 1.29 is 14.7 Å². The first-order valence-electron chi connectivity index (χ1n) is 6.89. The zero-order chi connectivity index (χ0) is 15.8. The van der Waals surface area contributed by atoms with Gasteiger partial charge in [0.1, 0.15) is 0 Å². The lowest BCUT2D eigenvalue weighted by molar-refractivity contribution is -0.139. The largest absolute Gasteiger partial charge is 0.479 e. The number of hydrogen-bond donors (Lipinski definition) is 3. The van der Waals surface area contributed by atoms with Crippen molar-refractivity contribution in [1.82, 2.24) is 15.5 Å². The lowest BCUT2D eigenvalue weighted by Crippen LogP contribution is -2.45. The Balaban J connectivity index is 2.56. The number of amides is 2. The molecule has 1 unspecified atom stereocenters. The van der Waals surface area contributed by atoms with Gasteiger partial charge >= 0.3 is 12.0 Å². The van der Waals surface area contributed by atoms with Crippen LogP contribution < -0.4 is 10.6 Å². The van der Waals surface area contributed by atoms with Crippen molar-refractivity contribution in [2.24, 2.45) is 0 Å². The molecule has 6 nitrogen and oxygen atoms in total. The lowest BCUT2D eigenvalue weighted by Gasteiger charge is -2.19. The van der Waals surface area contributed by atoms with Crippen molar-refractivity contribution in [3.05, 3.63) is 35.9 Å². The quantitative estimate of drug-likeness (QED) is 0.711. The highest BCUT2D eigenvalue weighted by Gasteiger charge is 2.22. The van der Waals surface area contributed by atoms with Gasteiger partial charge in [0.25, 0.3) is 0 Å². The Bertz CT molecular complexity index is 462. The Morgan fingerprint density at radius 1 is 1.19 bits per heavy atom. The van der Waals surface area contributed by atoms with Crippen LogP contribution in [0.4, 0.5) is 4.79 Å². The van der Waals surface area contributed by atoms with Crippen molar-refractivity contribution >= 4 is 12.0 Å². The normalized spacial score (nSPS) is 13.5. The van der Waals surface area contributed by atoms with Crippen LogP contribution >= 0.6 is 0 Å². The molecule has 0 fully saturated rings. The predicted octanol–water partition coefficient (Wildman–Crippen LogP) is 1.45. The van der Waals surface area contributed by atoms with Gasteiger partial charge in [-0.1, -0.05) is 30.3 Å². The molecule has 1 aromatic rings. The summed E-state index contributed by atoms with van der Waals surface area (Å²) in [4.78, 5) is 25.2. The van der Waals surface area contributed by atoms with E-state index in [0.717, 1.165) is 13.0 Å².